The van der Waals surface area contributed by atoms with Crippen molar-refractivity contribution in [2.75, 3.05) is 13.1 Å². The third-order valence-electron chi connectivity index (χ3n) is 5.96. The summed E-state index contributed by atoms with van der Waals surface area (Å²) in [7, 11) is 0. The van der Waals surface area contributed by atoms with Gasteiger partial charge in [-0.05, 0) is 54.5 Å². The van der Waals surface area contributed by atoms with Gasteiger partial charge in [-0.2, -0.15) is 0 Å². The summed E-state index contributed by atoms with van der Waals surface area (Å²) in [5, 5.41) is 9.89. The van der Waals surface area contributed by atoms with E-state index in [1.807, 2.05) is 41.3 Å². The van der Waals surface area contributed by atoms with Gasteiger partial charge in [0.15, 0.2) is 0 Å². The Balaban J connectivity index is 1.41. The molecular weight excluding hydrogens is 378 g/mol. The van der Waals surface area contributed by atoms with Gasteiger partial charge in [-0.1, -0.05) is 35.9 Å². The van der Waals surface area contributed by atoms with Crippen LogP contribution in [0, 0.1) is 11.3 Å². The van der Waals surface area contributed by atoms with Crippen molar-refractivity contribution in [2.24, 2.45) is 11.3 Å². The van der Waals surface area contributed by atoms with Gasteiger partial charge in [0.2, 0.25) is 0 Å². The number of aliphatic carboxylic acids is 1. The van der Waals surface area contributed by atoms with Gasteiger partial charge in [0.1, 0.15) is 12.4 Å². The largest absolute Gasteiger partial charge is 0.488 e. The normalized spacial score (nSPS) is 20.0. The maximum Gasteiger partial charge on any atom is 0.307 e. The molecule has 1 unspecified atom stereocenters. The molecule has 4 rings (SSSR count). The molecule has 1 amide bonds. The first kappa shape index (κ1) is 18.8. The highest BCUT2D eigenvalue weighted by molar-refractivity contribution is 6.30. The average molecular weight is 400 g/mol. The fraction of sp³-hybridized carbons (Fsp3) is 0.364. The molecule has 1 N–H and O–H groups in total. The van der Waals surface area contributed by atoms with E-state index in [-0.39, 0.29) is 17.2 Å². The van der Waals surface area contributed by atoms with Crippen LogP contribution >= 0.6 is 11.6 Å². The summed E-state index contributed by atoms with van der Waals surface area (Å²) in [6.45, 7) is 1.53. The number of amides is 1. The minimum atomic E-state index is -0.708. The van der Waals surface area contributed by atoms with Crippen LogP contribution in [0.3, 0.4) is 0 Å². The molecule has 2 aromatic carbocycles. The highest BCUT2D eigenvalue weighted by atomic mass is 35.5. The molecule has 1 saturated carbocycles. The van der Waals surface area contributed by atoms with Crippen LogP contribution in [0.2, 0.25) is 5.02 Å². The molecule has 0 aromatic heterocycles. The van der Waals surface area contributed by atoms with Gasteiger partial charge in [-0.25, -0.2) is 0 Å². The SMILES string of the molecule is O=C(O)C1CC12CCN(C(=O)c1ccccc1OCc1ccc(Cl)cc1)CC2. The molecule has 28 heavy (non-hydrogen) atoms. The first-order chi connectivity index (χ1) is 13.5. The van der Waals surface area contributed by atoms with E-state index in [0.29, 0.717) is 36.0 Å². The van der Waals surface area contributed by atoms with Crippen molar-refractivity contribution in [3.8, 4) is 5.75 Å². The number of carboxylic acids is 1. The summed E-state index contributed by atoms with van der Waals surface area (Å²) >= 11 is 5.91. The summed E-state index contributed by atoms with van der Waals surface area (Å²) in [6, 6.07) is 14.7. The topological polar surface area (TPSA) is 66.8 Å². The van der Waals surface area contributed by atoms with Gasteiger partial charge in [-0.3, -0.25) is 9.59 Å². The Bertz CT molecular complexity index is 888. The Morgan fingerprint density at radius 3 is 2.43 bits per heavy atom. The molecule has 1 aliphatic heterocycles. The number of nitrogens with zero attached hydrogens (tertiary/aromatic N) is 1. The second kappa shape index (κ2) is 7.47. The van der Waals surface area contributed by atoms with Crippen molar-refractivity contribution >= 4 is 23.5 Å². The zero-order valence-electron chi connectivity index (χ0n) is 15.4. The lowest BCUT2D eigenvalue weighted by Crippen LogP contribution is -2.40. The number of carbonyl (C=O) groups is 2. The van der Waals surface area contributed by atoms with Crippen LogP contribution in [0.5, 0.6) is 5.75 Å². The van der Waals surface area contributed by atoms with Crippen LogP contribution in [0.4, 0.5) is 0 Å². The lowest BCUT2D eigenvalue weighted by Gasteiger charge is -2.33. The lowest BCUT2D eigenvalue weighted by molar-refractivity contribution is -0.139. The molecule has 1 heterocycles. The summed E-state index contributed by atoms with van der Waals surface area (Å²) in [5.41, 5.74) is 1.42. The minimum Gasteiger partial charge on any atom is -0.488 e. The first-order valence-electron chi connectivity index (χ1n) is 9.47. The lowest BCUT2D eigenvalue weighted by atomic mass is 9.90. The standard InChI is InChI=1S/C22H22ClNO4/c23-16-7-5-15(6-8-16)14-28-19-4-2-1-3-17(19)20(25)24-11-9-22(10-12-24)13-18(22)21(26)27/h1-8,18H,9-14H2,(H,26,27). The maximum absolute atomic E-state index is 13.0. The summed E-state index contributed by atoms with van der Waals surface area (Å²) in [4.78, 5) is 26.1. The second-order valence-electron chi connectivity index (χ2n) is 7.66. The molecule has 146 valence electrons. The second-order valence-corrected chi connectivity index (χ2v) is 8.10. The van der Waals surface area contributed by atoms with Crippen molar-refractivity contribution in [1.82, 2.24) is 4.90 Å². The number of halogens is 1. The summed E-state index contributed by atoms with van der Waals surface area (Å²) in [5.74, 6) is -0.452. The number of rotatable bonds is 5. The maximum atomic E-state index is 13.0. The van der Waals surface area contributed by atoms with Crippen LogP contribution in [0.15, 0.2) is 48.5 Å². The number of para-hydroxylation sites is 1. The van der Waals surface area contributed by atoms with E-state index in [2.05, 4.69) is 0 Å². The fourth-order valence-corrected chi connectivity index (χ4v) is 4.21. The Morgan fingerprint density at radius 2 is 1.79 bits per heavy atom. The molecule has 1 saturated heterocycles. The zero-order valence-corrected chi connectivity index (χ0v) is 16.2. The Hall–Kier alpha value is -2.53. The number of hydrogen-bond acceptors (Lipinski definition) is 3. The predicted octanol–water partition coefficient (Wildman–Crippen LogP) is 4.25. The number of piperidine rings is 1. The zero-order chi connectivity index (χ0) is 19.7. The van der Waals surface area contributed by atoms with Gasteiger partial charge in [0, 0.05) is 18.1 Å². The van der Waals surface area contributed by atoms with Gasteiger partial charge in [0.05, 0.1) is 11.5 Å². The summed E-state index contributed by atoms with van der Waals surface area (Å²) < 4.78 is 5.91. The molecule has 2 aliphatic rings. The van der Waals surface area contributed by atoms with E-state index in [9.17, 15) is 14.7 Å². The molecule has 5 nitrogen and oxygen atoms in total. The smallest absolute Gasteiger partial charge is 0.307 e. The van der Waals surface area contributed by atoms with E-state index < -0.39 is 5.97 Å². The molecule has 2 aromatic rings. The molecule has 1 spiro atoms. The van der Waals surface area contributed by atoms with Gasteiger partial charge >= 0.3 is 5.97 Å². The number of benzene rings is 2. The quantitative estimate of drug-likeness (QED) is 0.816. The third kappa shape index (κ3) is 3.72. The molecular formula is C22H22ClNO4. The van der Waals surface area contributed by atoms with Crippen LogP contribution in [-0.2, 0) is 11.4 Å². The highest BCUT2D eigenvalue weighted by Gasteiger charge is 2.59. The van der Waals surface area contributed by atoms with Gasteiger partial charge in [-0.15, -0.1) is 0 Å². The van der Waals surface area contributed by atoms with Crippen LogP contribution in [0.25, 0.3) is 0 Å². The van der Waals surface area contributed by atoms with Gasteiger partial charge in [0.25, 0.3) is 5.91 Å². The minimum absolute atomic E-state index is 0.0610. The Morgan fingerprint density at radius 1 is 1.11 bits per heavy atom. The van der Waals surface area contributed by atoms with Crippen molar-refractivity contribution in [3.05, 3.63) is 64.7 Å². The van der Waals surface area contributed by atoms with Crippen molar-refractivity contribution in [1.29, 1.82) is 0 Å². The van der Waals surface area contributed by atoms with E-state index >= 15 is 0 Å². The van der Waals surface area contributed by atoms with E-state index in [1.165, 1.54) is 0 Å². The van der Waals surface area contributed by atoms with Crippen molar-refractivity contribution < 1.29 is 19.4 Å². The number of carboxylic acid groups (broad SMARTS) is 1. The Kier molecular flexibility index (Phi) is 5.02. The van der Waals surface area contributed by atoms with E-state index in [1.54, 1.807) is 12.1 Å². The molecule has 0 bridgehead atoms. The molecule has 2 fully saturated rings. The van der Waals surface area contributed by atoms with Crippen molar-refractivity contribution in [3.63, 3.8) is 0 Å². The monoisotopic (exact) mass is 399 g/mol. The molecule has 1 atom stereocenters. The van der Waals surface area contributed by atoms with Crippen LogP contribution in [-0.4, -0.2) is 35.0 Å². The first-order valence-corrected chi connectivity index (χ1v) is 9.85. The number of carbonyl (C=O) groups excluding carboxylic acids is 1. The predicted molar refractivity (Wildman–Crippen MR) is 106 cm³/mol. The van der Waals surface area contributed by atoms with Gasteiger partial charge < -0.3 is 14.7 Å². The van der Waals surface area contributed by atoms with E-state index in [0.717, 1.165) is 24.8 Å². The Labute approximate surface area is 168 Å². The average Bonchev–Trinajstić information content (AvgIpc) is 3.41. The van der Waals surface area contributed by atoms with Crippen molar-refractivity contribution in [2.45, 2.75) is 25.9 Å². The number of likely N-dealkylation sites (tertiary alicyclic amines) is 1. The van der Waals surface area contributed by atoms with Crippen LogP contribution in [0.1, 0.15) is 35.2 Å². The molecule has 6 heteroatoms. The van der Waals surface area contributed by atoms with E-state index in [4.69, 9.17) is 16.3 Å². The summed E-state index contributed by atoms with van der Waals surface area (Å²) in [6.07, 6.45) is 2.25. The number of hydrogen-bond donors (Lipinski definition) is 1. The fourth-order valence-electron chi connectivity index (χ4n) is 4.09. The number of ether oxygens (including phenoxy) is 1. The van der Waals surface area contributed by atoms with Crippen LogP contribution < -0.4 is 4.74 Å². The molecule has 1 aliphatic carbocycles. The third-order valence-corrected chi connectivity index (χ3v) is 6.21. The highest BCUT2D eigenvalue weighted by Crippen LogP contribution is 2.59. The molecule has 0 radical (unpaired) electrons.